The molecule has 2 saturated carbocycles. The molecule has 2 aliphatic rings. The van der Waals surface area contributed by atoms with Crippen LogP contribution in [-0.2, 0) is 4.79 Å². The van der Waals surface area contributed by atoms with Gasteiger partial charge in [-0.05, 0) is 68.4 Å². The molecule has 1 aromatic rings. The first-order valence-corrected chi connectivity index (χ1v) is 9.28. The van der Waals surface area contributed by atoms with Crippen molar-refractivity contribution >= 4 is 11.6 Å². The van der Waals surface area contributed by atoms with Crippen molar-refractivity contribution in [3.63, 3.8) is 0 Å². The van der Waals surface area contributed by atoms with E-state index in [4.69, 9.17) is 4.74 Å². The predicted molar refractivity (Wildman–Crippen MR) is 96.1 cm³/mol. The molecule has 0 heterocycles. The quantitative estimate of drug-likeness (QED) is 0.652. The van der Waals surface area contributed by atoms with Gasteiger partial charge >= 0.3 is 0 Å². The number of fused-ring (bicyclic) bond motifs is 1. The van der Waals surface area contributed by atoms with Crippen molar-refractivity contribution in [1.82, 2.24) is 5.43 Å². The molecule has 4 nitrogen and oxygen atoms in total. The SMILES string of the molecule is CCOc1ccc(C(C)=NNC(=O)C2[C@@H]3CCCCCC[C@@H]23)cc1. The molecule has 0 aliphatic heterocycles. The molecule has 1 aromatic carbocycles. The number of hydrazone groups is 1. The van der Waals surface area contributed by atoms with Crippen LogP contribution in [-0.4, -0.2) is 18.2 Å². The molecular weight excluding hydrogens is 300 g/mol. The van der Waals surface area contributed by atoms with Crippen LogP contribution in [0.4, 0.5) is 0 Å². The van der Waals surface area contributed by atoms with Crippen LogP contribution in [0, 0.1) is 17.8 Å². The van der Waals surface area contributed by atoms with Gasteiger partial charge in [0.15, 0.2) is 0 Å². The van der Waals surface area contributed by atoms with Gasteiger partial charge in [0.1, 0.15) is 5.75 Å². The van der Waals surface area contributed by atoms with Gasteiger partial charge in [-0.15, -0.1) is 0 Å². The van der Waals surface area contributed by atoms with E-state index in [-0.39, 0.29) is 11.8 Å². The molecule has 1 N–H and O–H groups in total. The molecule has 24 heavy (non-hydrogen) atoms. The van der Waals surface area contributed by atoms with Gasteiger partial charge in [-0.3, -0.25) is 4.79 Å². The first kappa shape index (κ1) is 17.0. The number of carbonyl (C=O) groups excluding carboxylic acids is 1. The maximum Gasteiger partial charge on any atom is 0.243 e. The summed E-state index contributed by atoms with van der Waals surface area (Å²) in [5.74, 6) is 2.36. The Morgan fingerprint density at radius 3 is 2.33 bits per heavy atom. The standard InChI is InChI=1S/C20H28N2O2/c1-3-24-16-12-10-15(11-13-16)14(2)21-22-20(23)19-17-8-6-4-5-7-9-18(17)19/h10-13,17-19H,3-9H2,1-2H3,(H,22,23)/t17-,18-/m1/s1. The van der Waals surface area contributed by atoms with Gasteiger partial charge in [0.2, 0.25) is 5.91 Å². The van der Waals surface area contributed by atoms with Gasteiger partial charge in [-0.1, -0.05) is 25.7 Å². The van der Waals surface area contributed by atoms with E-state index in [0.29, 0.717) is 18.4 Å². The van der Waals surface area contributed by atoms with Crippen LogP contribution in [0.3, 0.4) is 0 Å². The Balaban J connectivity index is 1.55. The molecule has 0 unspecified atom stereocenters. The summed E-state index contributed by atoms with van der Waals surface area (Å²) >= 11 is 0. The van der Waals surface area contributed by atoms with E-state index in [1.54, 1.807) is 0 Å². The van der Waals surface area contributed by atoms with Crippen molar-refractivity contribution in [1.29, 1.82) is 0 Å². The van der Waals surface area contributed by atoms with Crippen LogP contribution in [0.25, 0.3) is 0 Å². The van der Waals surface area contributed by atoms with E-state index < -0.39 is 0 Å². The highest BCUT2D eigenvalue weighted by Crippen LogP contribution is 2.53. The summed E-state index contributed by atoms with van der Waals surface area (Å²) in [6.45, 7) is 4.55. The number of benzene rings is 1. The minimum atomic E-state index is 0.109. The topological polar surface area (TPSA) is 50.7 Å². The highest BCUT2D eigenvalue weighted by molar-refractivity contribution is 5.99. The Kier molecular flexibility index (Phi) is 5.54. The summed E-state index contributed by atoms with van der Waals surface area (Å²) in [7, 11) is 0. The molecule has 1 amide bonds. The minimum Gasteiger partial charge on any atom is -0.494 e. The average Bonchev–Trinajstić information content (AvgIpc) is 3.24. The van der Waals surface area contributed by atoms with Crippen molar-refractivity contribution in [2.24, 2.45) is 22.9 Å². The second kappa shape index (κ2) is 7.82. The predicted octanol–water partition coefficient (Wildman–Crippen LogP) is 4.14. The smallest absolute Gasteiger partial charge is 0.243 e. The van der Waals surface area contributed by atoms with E-state index >= 15 is 0 Å². The molecular formula is C20H28N2O2. The van der Waals surface area contributed by atoms with Crippen LogP contribution in [0.1, 0.15) is 57.9 Å². The molecule has 130 valence electrons. The van der Waals surface area contributed by atoms with E-state index in [9.17, 15) is 4.79 Å². The molecule has 2 fully saturated rings. The molecule has 0 spiro atoms. The Bertz CT molecular complexity index is 580. The van der Waals surface area contributed by atoms with Crippen LogP contribution in [0.2, 0.25) is 0 Å². The lowest BCUT2D eigenvalue weighted by Crippen LogP contribution is -2.22. The Morgan fingerprint density at radius 2 is 1.75 bits per heavy atom. The normalized spacial score (nSPS) is 26.8. The summed E-state index contributed by atoms with van der Waals surface area (Å²) in [4.78, 5) is 12.4. The minimum absolute atomic E-state index is 0.109. The van der Waals surface area contributed by atoms with Gasteiger partial charge in [0, 0.05) is 5.92 Å². The van der Waals surface area contributed by atoms with Crippen LogP contribution < -0.4 is 10.2 Å². The lowest BCUT2D eigenvalue weighted by Gasteiger charge is -2.05. The third-order valence-electron chi connectivity index (χ3n) is 5.38. The summed E-state index contributed by atoms with van der Waals surface area (Å²) in [5.41, 5.74) is 4.62. The molecule has 2 atom stereocenters. The molecule has 0 aromatic heterocycles. The fourth-order valence-electron chi connectivity index (χ4n) is 3.97. The molecule has 4 heteroatoms. The van der Waals surface area contributed by atoms with Crippen LogP contribution in [0.15, 0.2) is 29.4 Å². The summed E-state index contributed by atoms with van der Waals surface area (Å²) in [6.07, 6.45) is 7.63. The third-order valence-corrected chi connectivity index (χ3v) is 5.38. The Labute approximate surface area is 144 Å². The molecule has 0 radical (unpaired) electrons. The molecule has 2 aliphatic carbocycles. The Hall–Kier alpha value is -1.84. The average molecular weight is 328 g/mol. The number of nitrogens with one attached hydrogen (secondary N) is 1. The van der Waals surface area contributed by atoms with Gasteiger partial charge in [0.25, 0.3) is 0 Å². The van der Waals surface area contributed by atoms with Crippen molar-refractivity contribution in [2.75, 3.05) is 6.61 Å². The monoisotopic (exact) mass is 328 g/mol. The van der Waals surface area contributed by atoms with E-state index in [1.165, 1.54) is 38.5 Å². The van der Waals surface area contributed by atoms with Crippen molar-refractivity contribution < 1.29 is 9.53 Å². The first-order valence-electron chi connectivity index (χ1n) is 9.28. The lowest BCUT2D eigenvalue weighted by molar-refractivity contribution is -0.122. The second-order valence-electron chi connectivity index (χ2n) is 6.98. The summed E-state index contributed by atoms with van der Waals surface area (Å²) in [6, 6.07) is 7.81. The number of nitrogens with zero attached hydrogens (tertiary/aromatic N) is 1. The second-order valence-corrected chi connectivity index (χ2v) is 6.98. The van der Waals surface area contributed by atoms with Crippen LogP contribution in [0.5, 0.6) is 5.75 Å². The number of amides is 1. The molecule has 0 saturated heterocycles. The highest BCUT2D eigenvalue weighted by atomic mass is 16.5. The zero-order valence-corrected chi connectivity index (χ0v) is 14.8. The summed E-state index contributed by atoms with van der Waals surface area (Å²) in [5, 5.41) is 4.31. The van der Waals surface area contributed by atoms with E-state index in [2.05, 4.69) is 10.5 Å². The maximum atomic E-state index is 12.4. The fraction of sp³-hybridized carbons (Fsp3) is 0.600. The van der Waals surface area contributed by atoms with Crippen molar-refractivity contribution in [3.05, 3.63) is 29.8 Å². The number of hydrogen-bond donors (Lipinski definition) is 1. The van der Waals surface area contributed by atoms with Gasteiger partial charge in [0.05, 0.1) is 12.3 Å². The van der Waals surface area contributed by atoms with Crippen molar-refractivity contribution in [3.8, 4) is 5.75 Å². The highest BCUT2D eigenvalue weighted by Gasteiger charge is 2.53. The largest absolute Gasteiger partial charge is 0.494 e. The number of carbonyl (C=O) groups is 1. The Morgan fingerprint density at radius 1 is 1.12 bits per heavy atom. The lowest BCUT2D eigenvalue weighted by atomic mass is 10.0. The van der Waals surface area contributed by atoms with Crippen LogP contribution >= 0.6 is 0 Å². The first-order chi connectivity index (χ1) is 11.7. The fourth-order valence-corrected chi connectivity index (χ4v) is 3.97. The van der Waals surface area contributed by atoms with E-state index in [1.807, 2.05) is 38.1 Å². The maximum absolute atomic E-state index is 12.4. The number of ether oxygens (including phenoxy) is 1. The van der Waals surface area contributed by atoms with Gasteiger partial charge < -0.3 is 4.74 Å². The number of rotatable bonds is 5. The molecule has 3 rings (SSSR count). The molecule has 0 bridgehead atoms. The number of hydrogen-bond acceptors (Lipinski definition) is 3. The van der Waals surface area contributed by atoms with E-state index in [0.717, 1.165) is 17.0 Å². The summed E-state index contributed by atoms with van der Waals surface area (Å²) < 4.78 is 5.44. The van der Waals surface area contributed by atoms with Gasteiger partial charge in [-0.25, -0.2) is 5.43 Å². The van der Waals surface area contributed by atoms with Gasteiger partial charge in [-0.2, -0.15) is 5.10 Å². The zero-order valence-electron chi connectivity index (χ0n) is 14.8. The third kappa shape index (κ3) is 3.97. The van der Waals surface area contributed by atoms with Crippen molar-refractivity contribution in [2.45, 2.75) is 52.4 Å². The zero-order chi connectivity index (χ0) is 16.9.